The summed E-state index contributed by atoms with van der Waals surface area (Å²) >= 11 is 0. The highest BCUT2D eigenvalue weighted by Crippen LogP contribution is 2.04. The molecule has 1 amide bonds. The largest absolute Gasteiger partial charge is 0.351 e. The molecule has 0 aliphatic rings. The van der Waals surface area contributed by atoms with Crippen LogP contribution < -0.4 is 10.6 Å². The molecular formula is C16H22N4O. The Morgan fingerprint density at radius 1 is 1.19 bits per heavy atom. The van der Waals surface area contributed by atoms with Gasteiger partial charge in [0.05, 0.1) is 6.20 Å². The molecule has 1 aromatic carbocycles. The fraction of sp³-hybridized carbons (Fsp3) is 0.375. The van der Waals surface area contributed by atoms with Gasteiger partial charge in [0.25, 0.3) is 5.91 Å². The Bertz CT molecular complexity index is 601. The zero-order chi connectivity index (χ0) is 15.2. The number of rotatable bonds is 6. The van der Waals surface area contributed by atoms with Gasteiger partial charge in [0.1, 0.15) is 0 Å². The highest BCUT2D eigenvalue weighted by Gasteiger charge is 2.05. The number of aromatic nitrogens is 2. The van der Waals surface area contributed by atoms with Crippen molar-refractivity contribution in [1.29, 1.82) is 0 Å². The molecule has 0 aliphatic carbocycles. The van der Waals surface area contributed by atoms with Gasteiger partial charge >= 0.3 is 0 Å². The normalized spacial score (nSPS) is 10.6. The zero-order valence-corrected chi connectivity index (χ0v) is 12.8. The summed E-state index contributed by atoms with van der Waals surface area (Å²) in [5.41, 5.74) is 4.19. The van der Waals surface area contributed by atoms with Crippen molar-refractivity contribution >= 4 is 5.91 Å². The van der Waals surface area contributed by atoms with E-state index >= 15 is 0 Å². The Labute approximate surface area is 125 Å². The highest BCUT2D eigenvalue weighted by molar-refractivity contribution is 5.94. The molecular weight excluding hydrogens is 264 g/mol. The number of hydrogen-bond acceptors (Lipinski definition) is 3. The summed E-state index contributed by atoms with van der Waals surface area (Å²) in [6.07, 6.45) is 1.87. The molecule has 0 saturated heterocycles. The van der Waals surface area contributed by atoms with E-state index in [4.69, 9.17) is 0 Å². The second kappa shape index (κ2) is 7.04. The molecule has 0 fully saturated rings. The van der Waals surface area contributed by atoms with Crippen LogP contribution in [0.15, 0.2) is 30.5 Å². The smallest absolute Gasteiger partial charge is 0.251 e. The minimum atomic E-state index is -0.0330. The average Bonchev–Trinajstić information content (AvgIpc) is 2.79. The second-order valence-corrected chi connectivity index (χ2v) is 5.18. The third-order valence-corrected chi connectivity index (χ3v) is 3.55. The minimum Gasteiger partial charge on any atom is -0.351 e. The number of amides is 1. The fourth-order valence-corrected chi connectivity index (χ4v) is 2.01. The number of benzene rings is 1. The quantitative estimate of drug-likeness (QED) is 0.792. The molecule has 0 bridgehead atoms. The molecule has 0 radical (unpaired) electrons. The van der Waals surface area contributed by atoms with Crippen molar-refractivity contribution in [2.75, 3.05) is 13.1 Å². The van der Waals surface area contributed by atoms with E-state index in [-0.39, 0.29) is 5.91 Å². The molecule has 0 atom stereocenters. The van der Waals surface area contributed by atoms with Gasteiger partial charge in [-0.2, -0.15) is 5.10 Å². The lowest BCUT2D eigenvalue weighted by atomic mass is 10.1. The van der Waals surface area contributed by atoms with E-state index in [9.17, 15) is 4.79 Å². The number of carbonyl (C=O) groups is 1. The van der Waals surface area contributed by atoms with Gasteiger partial charge in [0.15, 0.2) is 0 Å². The van der Waals surface area contributed by atoms with Crippen molar-refractivity contribution in [1.82, 2.24) is 20.4 Å². The number of nitrogens with zero attached hydrogens (tertiary/aromatic N) is 2. The van der Waals surface area contributed by atoms with Crippen molar-refractivity contribution in [2.24, 2.45) is 7.05 Å². The van der Waals surface area contributed by atoms with Gasteiger partial charge in [0, 0.05) is 43.5 Å². The van der Waals surface area contributed by atoms with Crippen LogP contribution in [-0.2, 0) is 13.6 Å². The van der Waals surface area contributed by atoms with Crippen LogP contribution >= 0.6 is 0 Å². The van der Waals surface area contributed by atoms with Gasteiger partial charge in [-0.15, -0.1) is 0 Å². The van der Waals surface area contributed by atoms with E-state index in [0.29, 0.717) is 12.1 Å². The van der Waals surface area contributed by atoms with Crippen LogP contribution in [0.2, 0.25) is 0 Å². The molecule has 0 unspecified atom stereocenters. The van der Waals surface area contributed by atoms with Gasteiger partial charge < -0.3 is 10.6 Å². The van der Waals surface area contributed by atoms with Gasteiger partial charge in [-0.05, 0) is 26.0 Å². The average molecular weight is 286 g/mol. The molecule has 1 heterocycles. The molecule has 5 heteroatoms. The molecule has 2 N–H and O–H groups in total. The van der Waals surface area contributed by atoms with E-state index < -0.39 is 0 Å². The van der Waals surface area contributed by atoms with Crippen molar-refractivity contribution in [3.8, 4) is 0 Å². The molecule has 0 saturated carbocycles. The van der Waals surface area contributed by atoms with Crippen LogP contribution in [0.3, 0.4) is 0 Å². The molecule has 2 aromatic rings. The third-order valence-electron chi connectivity index (χ3n) is 3.55. The van der Waals surface area contributed by atoms with Gasteiger partial charge in [-0.3, -0.25) is 9.48 Å². The van der Waals surface area contributed by atoms with Crippen LogP contribution in [0.1, 0.15) is 27.2 Å². The molecule has 21 heavy (non-hydrogen) atoms. The first kappa shape index (κ1) is 15.3. The van der Waals surface area contributed by atoms with E-state index in [2.05, 4.69) is 15.7 Å². The van der Waals surface area contributed by atoms with Gasteiger partial charge in [0.2, 0.25) is 0 Å². The molecule has 2 rings (SSSR count). The predicted molar refractivity (Wildman–Crippen MR) is 83.2 cm³/mol. The molecule has 112 valence electrons. The predicted octanol–water partition coefficient (Wildman–Crippen LogP) is 1.56. The van der Waals surface area contributed by atoms with Crippen LogP contribution in [0.4, 0.5) is 0 Å². The van der Waals surface area contributed by atoms with Crippen molar-refractivity contribution in [3.63, 3.8) is 0 Å². The van der Waals surface area contributed by atoms with E-state index in [1.165, 1.54) is 5.56 Å². The van der Waals surface area contributed by atoms with Gasteiger partial charge in [-0.25, -0.2) is 0 Å². The Morgan fingerprint density at radius 2 is 1.90 bits per heavy atom. The first-order valence-electron chi connectivity index (χ1n) is 7.11. The number of carbonyl (C=O) groups excluding carboxylic acids is 1. The summed E-state index contributed by atoms with van der Waals surface area (Å²) in [4.78, 5) is 11.9. The molecule has 1 aromatic heterocycles. The van der Waals surface area contributed by atoms with E-state index in [1.54, 1.807) is 0 Å². The van der Waals surface area contributed by atoms with Crippen LogP contribution in [-0.4, -0.2) is 28.8 Å². The maximum Gasteiger partial charge on any atom is 0.251 e. The monoisotopic (exact) mass is 286 g/mol. The lowest BCUT2D eigenvalue weighted by Crippen LogP contribution is -2.31. The van der Waals surface area contributed by atoms with Crippen molar-refractivity contribution in [2.45, 2.75) is 20.4 Å². The standard InChI is InChI=1S/C16H22N4O/c1-12-4-6-14(7-5-12)16(21)18-9-8-17-10-15-11-19-20(3)13(15)2/h4-7,11,17H,8-10H2,1-3H3,(H,18,21). The Kier molecular flexibility index (Phi) is 5.11. The number of nitrogens with one attached hydrogen (secondary N) is 2. The summed E-state index contributed by atoms with van der Waals surface area (Å²) in [5.74, 6) is -0.0330. The maximum atomic E-state index is 11.9. The molecule has 5 nitrogen and oxygen atoms in total. The van der Waals surface area contributed by atoms with Crippen molar-refractivity contribution < 1.29 is 4.79 Å². The first-order valence-corrected chi connectivity index (χ1v) is 7.11. The summed E-state index contributed by atoms with van der Waals surface area (Å²) in [6.45, 7) is 6.15. The lowest BCUT2D eigenvalue weighted by molar-refractivity contribution is 0.0954. The number of aryl methyl sites for hydroxylation is 2. The zero-order valence-electron chi connectivity index (χ0n) is 12.8. The Hall–Kier alpha value is -2.14. The SMILES string of the molecule is Cc1ccc(C(=O)NCCNCc2cnn(C)c2C)cc1. The molecule has 0 spiro atoms. The molecule has 0 aliphatic heterocycles. The summed E-state index contributed by atoms with van der Waals surface area (Å²) in [5, 5.41) is 10.4. The Morgan fingerprint density at radius 3 is 2.52 bits per heavy atom. The summed E-state index contributed by atoms with van der Waals surface area (Å²) < 4.78 is 1.86. The topological polar surface area (TPSA) is 59.0 Å². The van der Waals surface area contributed by atoms with E-state index in [1.807, 2.05) is 56.0 Å². The minimum absolute atomic E-state index is 0.0330. The van der Waals surface area contributed by atoms with Gasteiger partial charge in [-0.1, -0.05) is 17.7 Å². The third kappa shape index (κ3) is 4.16. The second-order valence-electron chi connectivity index (χ2n) is 5.18. The first-order chi connectivity index (χ1) is 10.1. The maximum absolute atomic E-state index is 11.9. The van der Waals surface area contributed by atoms with Crippen LogP contribution in [0, 0.1) is 13.8 Å². The summed E-state index contributed by atoms with van der Waals surface area (Å²) in [7, 11) is 1.93. The fourth-order valence-electron chi connectivity index (χ4n) is 2.01. The van der Waals surface area contributed by atoms with E-state index in [0.717, 1.165) is 24.3 Å². The number of hydrogen-bond donors (Lipinski definition) is 2. The Balaban J connectivity index is 1.69. The highest BCUT2D eigenvalue weighted by atomic mass is 16.1. The van der Waals surface area contributed by atoms with Crippen molar-refractivity contribution in [3.05, 3.63) is 52.8 Å². The summed E-state index contributed by atoms with van der Waals surface area (Å²) in [6, 6.07) is 7.57. The van der Waals surface area contributed by atoms with Crippen LogP contribution in [0.5, 0.6) is 0 Å². The lowest BCUT2D eigenvalue weighted by Gasteiger charge is -2.07. The van der Waals surface area contributed by atoms with Crippen LogP contribution in [0.25, 0.3) is 0 Å².